The van der Waals surface area contributed by atoms with Gasteiger partial charge >= 0.3 is 105 Å². The van der Waals surface area contributed by atoms with Gasteiger partial charge in [-0.3, -0.25) is 0 Å². The number of carbonyl (C=O) groups is 2. The first-order valence-corrected chi connectivity index (χ1v) is 1.26. The Morgan fingerprint density at radius 3 is 1.10 bits per heavy atom. The number of rotatable bonds is 0. The van der Waals surface area contributed by atoms with Gasteiger partial charge in [-0.25, -0.2) is 4.79 Å². The smallest absolute Gasteiger partial charge is 0.652 e. The Morgan fingerprint density at radius 2 is 1.10 bits per heavy atom. The van der Waals surface area contributed by atoms with Gasteiger partial charge in [0.25, 0.3) is 0 Å². The summed E-state index contributed by atoms with van der Waals surface area (Å²) in [5, 5.41) is 30.6. The molecule has 0 bridgehead atoms. The Labute approximate surface area is 137 Å². The Kier molecular flexibility index (Phi) is 38.1. The molecule has 10 heavy (non-hydrogen) atoms. The Hall–Kier alpha value is 1.59. The van der Waals surface area contributed by atoms with Crippen LogP contribution in [0, 0.1) is 0 Å². The van der Waals surface area contributed by atoms with Gasteiger partial charge in [-0.1, -0.05) is 0 Å². The van der Waals surface area contributed by atoms with Crippen molar-refractivity contribution in [2.75, 3.05) is 0 Å². The van der Waals surface area contributed by atoms with Gasteiger partial charge in [0.1, 0.15) is 0 Å². The van der Waals surface area contributed by atoms with E-state index in [9.17, 15) is 0 Å². The fourth-order valence-corrected chi connectivity index (χ4v) is 0. The van der Waals surface area contributed by atoms with Crippen LogP contribution in [0.1, 0.15) is 0 Å². The molecule has 0 aromatic rings. The van der Waals surface area contributed by atoms with E-state index in [0.29, 0.717) is 0 Å². The molecule has 0 atom stereocenters. The van der Waals surface area contributed by atoms with Crippen molar-refractivity contribution in [3.05, 3.63) is 0 Å². The van der Waals surface area contributed by atoms with Crippen molar-refractivity contribution in [2.45, 2.75) is 0 Å². The molecule has 0 fully saturated rings. The molecule has 0 aromatic carbocycles. The molecule has 0 saturated heterocycles. The van der Waals surface area contributed by atoms with E-state index >= 15 is 0 Å². The summed E-state index contributed by atoms with van der Waals surface area (Å²) in [7, 11) is 0. The van der Waals surface area contributed by atoms with Crippen LogP contribution in [-0.2, 0) is 0 Å². The van der Waals surface area contributed by atoms with E-state index < -0.39 is 12.3 Å². The first-order chi connectivity index (χ1) is 3.46. The van der Waals surface area contributed by atoms with Crippen molar-refractivity contribution < 1.29 is 128 Å². The fraction of sp³-hybridized carbons (Fsp3) is 0. The minimum atomic E-state index is -2.33. The first kappa shape index (κ1) is 22.6. The molecule has 0 spiro atoms. The predicted octanol–water partition coefficient (Wildman–Crippen LogP) is -8.22. The van der Waals surface area contributed by atoms with Crippen molar-refractivity contribution >= 4 is 12.3 Å². The van der Waals surface area contributed by atoms with Crippen LogP contribution in [0.3, 0.4) is 0 Å². The minimum Gasteiger partial charge on any atom is -0.652 e. The molecule has 0 aromatic heterocycles. The van der Waals surface area contributed by atoms with Gasteiger partial charge in [-0.2, -0.15) is 0 Å². The van der Waals surface area contributed by atoms with Crippen LogP contribution in [0.25, 0.3) is 0 Å². The fourth-order valence-electron chi connectivity index (χ4n) is 0. The minimum absolute atomic E-state index is 0. The zero-order valence-corrected chi connectivity index (χ0v) is 13.8. The second-order valence-corrected chi connectivity index (χ2v) is 0.533. The van der Waals surface area contributed by atoms with Gasteiger partial charge in [-0.05, 0) is 6.16 Å². The molecule has 2 N–H and O–H groups in total. The molecule has 8 heteroatoms. The number of hydrogen-bond acceptors (Lipinski definition) is 4. The third-order valence-electron chi connectivity index (χ3n) is 0. The molecule has 6 nitrogen and oxygen atoms in total. The van der Waals surface area contributed by atoms with Gasteiger partial charge in [0.2, 0.25) is 0 Å². The van der Waals surface area contributed by atoms with Gasteiger partial charge < -0.3 is 25.2 Å². The van der Waals surface area contributed by atoms with Crippen molar-refractivity contribution in [3.8, 4) is 0 Å². The Bertz CT molecular complexity index is 73.7. The van der Waals surface area contributed by atoms with Crippen LogP contribution in [-0.4, -0.2) is 22.5 Å². The predicted molar refractivity (Wildman–Crippen MR) is 16.0 cm³/mol. The first-order valence-electron chi connectivity index (χ1n) is 1.26. The second-order valence-electron chi connectivity index (χ2n) is 0.533. The maximum Gasteiger partial charge on any atom is 1.00 e. The van der Waals surface area contributed by atoms with Crippen LogP contribution in [0.2, 0.25) is 0 Å². The average molecular weight is 278 g/mol. The topological polar surface area (TPSA) is 121 Å². The molecule has 0 saturated carbocycles. The third-order valence-corrected chi connectivity index (χ3v) is 0. The monoisotopic (exact) mass is 278 g/mol. The summed E-state index contributed by atoms with van der Waals surface area (Å²) >= 11 is 0. The van der Waals surface area contributed by atoms with Crippen molar-refractivity contribution in [1.29, 1.82) is 0 Å². The van der Waals surface area contributed by atoms with E-state index in [4.69, 9.17) is 30.0 Å². The largest absolute Gasteiger partial charge is 1.00 e. The molecule has 0 aliphatic carbocycles. The maximum atomic E-state index is 8.56. The van der Waals surface area contributed by atoms with Crippen molar-refractivity contribution in [3.63, 3.8) is 0 Å². The van der Waals surface area contributed by atoms with Crippen LogP contribution in [0.5, 0.6) is 0 Å². The normalized spacial score (nSPS) is 4.80. The van der Waals surface area contributed by atoms with Gasteiger partial charge in [0.05, 0.1) is 0 Å². The number of carboxylic acid groups (broad SMARTS) is 4. The van der Waals surface area contributed by atoms with Gasteiger partial charge in [0, 0.05) is 0 Å². The van der Waals surface area contributed by atoms with Crippen molar-refractivity contribution in [1.82, 2.24) is 0 Å². The zero-order valence-electron chi connectivity index (χ0n) is 5.53. The summed E-state index contributed by atoms with van der Waals surface area (Å²) in [5.41, 5.74) is 0. The van der Waals surface area contributed by atoms with Crippen LogP contribution < -0.4 is 109 Å². The van der Waals surface area contributed by atoms with Crippen molar-refractivity contribution in [2.24, 2.45) is 0 Å². The third kappa shape index (κ3) is 279. The molecule has 48 valence electrons. The van der Waals surface area contributed by atoms with E-state index in [-0.39, 0.29) is 98.5 Å². The Morgan fingerprint density at radius 1 is 1.10 bits per heavy atom. The summed E-state index contributed by atoms with van der Waals surface area (Å²) in [4.78, 5) is 16.9. The molecule has 0 radical (unpaired) electrons. The van der Waals surface area contributed by atoms with E-state index in [1.54, 1.807) is 0 Å². The molecule has 0 aliphatic heterocycles. The molecule has 0 heterocycles. The quantitative estimate of drug-likeness (QED) is 0.424. The van der Waals surface area contributed by atoms with Gasteiger partial charge in [-0.15, -0.1) is 0 Å². The van der Waals surface area contributed by atoms with E-state index in [0.717, 1.165) is 0 Å². The standard InChI is InChI=1S/2CH2O3.Cs.Na/c2*2-1(3)4;;/h2*(H2,2,3,4);;/q;;2*+1/p-2. The van der Waals surface area contributed by atoms with E-state index in [2.05, 4.69) is 0 Å². The maximum absolute atomic E-state index is 8.56. The second kappa shape index (κ2) is 16.9. The summed E-state index contributed by atoms with van der Waals surface area (Å²) in [6.07, 6.45) is -4.17. The molecular formula is C2H2CsNaO6. The summed E-state index contributed by atoms with van der Waals surface area (Å²) in [5.74, 6) is 0. The van der Waals surface area contributed by atoms with Crippen LogP contribution in [0.15, 0.2) is 0 Å². The van der Waals surface area contributed by atoms with Crippen LogP contribution in [0.4, 0.5) is 9.59 Å². The summed E-state index contributed by atoms with van der Waals surface area (Å²) in [6, 6.07) is 0. The molecule has 0 unspecified atom stereocenters. The van der Waals surface area contributed by atoms with Crippen LogP contribution >= 0.6 is 0 Å². The SMILES string of the molecule is O=C(O)O.O=C([O-])[O-].[Cs+].[Na+]. The number of carbonyl (C=O) groups excluding carboxylic acids is 1. The molecular weight excluding hydrogens is 276 g/mol. The molecule has 0 amide bonds. The summed E-state index contributed by atoms with van der Waals surface area (Å²) < 4.78 is 0. The van der Waals surface area contributed by atoms with E-state index in [1.165, 1.54) is 0 Å². The molecule has 0 rings (SSSR count). The summed E-state index contributed by atoms with van der Waals surface area (Å²) in [6.45, 7) is 0. The molecule has 0 aliphatic rings. The number of hydrogen-bond donors (Lipinski definition) is 2. The van der Waals surface area contributed by atoms with Gasteiger partial charge in [0.15, 0.2) is 0 Å². The van der Waals surface area contributed by atoms with E-state index in [1.807, 2.05) is 0 Å². The average Bonchev–Trinajstić information content (AvgIpc) is 1.25. The Balaban J connectivity index is -0.0000000300. The zero-order chi connectivity index (χ0) is 7.15.